The minimum atomic E-state index is -1.49. The summed E-state index contributed by atoms with van der Waals surface area (Å²) in [6.07, 6.45) is 16.7. The third kappa shape index (κ3) is 29.9. The van der Waals surface area contributed by atoms with Crippen LogP contribution in [-0.2, 0) is 38.4 Å². The molecule has 0 aliphatic carbocycles. The summed E-state index contributed by atoms with van der Waals surface area (Å²) in [5, 5.41) is 36.8. The normalized spacial score (nSPS) is 20.3. The van der Waals surface area contributed by atoms with E-state index in [1.165, 1.54) is 69.9 Å². The quantitative estimate of drug-likeness (QED) is 0.0327. The SMILES string of the molecule is CN=C(NC)NCCCCCCCCCCCCCCCCC(=O)NC(C)C(=O)NC1CCS/C=C\NC(=O)C(CO)NC(=O)CNC(=O)C(CC(C)C)NC(=O)NC(=O)C(CCC(N)=O)NC1=O. The molecule has 0 spiro atoms. The number of nitrogens with two attached hydrogens (primary N) is 1. The van der Waals surface area contributed by atoms with Gasteiger partial charge in [0.15, 0.2) is 5.96 Å². The zero-order chi connectivity index (χ0) is 51.4. The van der Waals surface area contributed by atoms with Crippen molar-refractivity contribution in [3.05, 3.63) is 11.6 Å². The lowest BCUT2D eigenvalue weighted by Gasteiger charge is -2.25. The summed E-state index contributed by atoms with van der Waals surface area (Å²) in [4.78, 5) is 121. The Labute approximate surface area is 412 Å². The van der Waals surface area contributed by atoms with Crippen LogP contribution in [0.2, 0.25) is 0 Å². The summed E-state index contributed by atoms with van der Waals surface area (Å²) in [6, 6.07) is -7.54. The highest BCUT2D eigenvalue weighted by atomic mass is 32.2. The summed E-state index contributed by atoms with van der Waals surface area (Å²) in [5.41, 5.74) is 5.34. The van der Waals surface area contributed by atoms with Gasteiger partial charge in [-0.2, -0.15) is 0 Å². The highest BCUT2D eigenvalue weighted by molar-refractivity contribution is 8.02. The molecule has 5 unspecified atom stereocenters. The Morgan fingerprint density at radius 3 is 1.96 bits per heavy atom. The first-order valence-electron chi connectivity index (χ1n) is 24.4. The molecule has 1 aliphatic heterocycles. The van der Waals surface area contributed by atoms with Crippen LogP contribution < -0.4 is 58.9 Å². The van der Waals surface area contributed by atoms with Crippen LogP contribution in [0.25, 0.3) is 0 Å². The first-order valence-corrected chi connectivity index (χ1v) is 25.5. The van der Waals surface area contributed by atoms with Crippen molar-refractivity contribution >= 4 is 71.0 Å². The molecule has 0 fully saturated rings. The van der Waals surface area contributed by atoms with E-state index in [1.54, 1.807) is 20.9 Å². The number of rotatable bonds is 26. The summed E-state index contributed by atoms with van der Waals surface area (Å²) in [6.45, 7) is 4.58. The molecule has 0 aromatic heterocycles. The number of amides is 10. The van der Waals surface area contributed by atoms with E-state index in [-0.39, 0.29) is 49.7 Å². The number of imide groups is 1. The van der Waals surface area contributed by atoms with Gasteiger partial charge in [-0.15, -0.1) is 11.8 Å². The van der Waals surface area contributed by atoms with Crippen LogP contribution in [0, 0.1) is 5.92 Å². The molecule has 0 saturated carbocycles. The van der Waals surface area contributed by atoms with E-state index in [2.05, 4.69) is 58.2 Å². The predicted molar refractivity (Wildman–Crippen MR) is 266 cm³/mol. The van der Waals surface area contributed by atoms with Gasteiger partial charge in [0.1, 0.15) is 30.2 Å². The molecule has 22 nitrogen and oxygen atoms in total. The van der Waals surface area contributed by atoms with Gasteiger partial charge in [-0.3, -0.25) is 48.7 Å². The molecule has 1 rings (SSSR count). The number of primary amides is 1. The van der Waals surface area contributed by atoms with Crippen LogP contribution in [0.3, 0.4) is 0 Å². The monoisotopic (exact) mass is 995 g/mol. The van der Waals surface area contributed by atoms with E-state index in [0.29, 0.717) is 6.42 Å². The number of aliphatic hydroxyl groups is 1. The minimum absolute atomic E-state index is 0.0278. The number of hydrogen-bond acceptors (Lipinski definition) is 12. The molecule has 5 atom stereocenters. The molecule has 0 aromatic carbocycles. The second kappa shape index (κ2) is 37.4. The van der Waals surface area contributed by atoms with Gasteiger partial charge in [-0.25, -0.2) is 4.79 Å². The summed E-state index contributed by atoms with van der Waals surface area (Å²) in [7, 11) is 3.62. The smallest absolute Gasteiger partial charge is 0.322 e. The van der Waals surface area contributed by atoms with Crippen molar-refractivity contribution in [2.75, 3.05) is 39.5 Å². The Morgan fingerprint density at radius 1 is 0.783 bits per heavy atom. The zero-order valence-electron chi connectivity index (χ0n) is 41.4. The first kappa shape index (κ1) is 61.6. The Bertz CT molecular complexity index is 1680. The summed E-state index contributed by atoms with van der Waals surface area (Å²) in [5.74, 6) is -5.19. The van der Waals surface area contributed by atoms with Gasteiger partial charge >= 0.3 is 6.03 Å². The second-order valence-corrected chi connectivity index (χ2v) is 18.5. The van der Waals surface area contributed by atoms with Crippen molar-refractivity contribution in [1.29, 1.82) is 0 Å². The fourth-order valence-corrected chi connectivity index (χ4v) is 7.81. The predicted octanol–water partition coefficient (Wildman–Crippen LogP) is 0.931. The van der Waals surface area contributed by atoms with Gasteiger partial charge in [-0.05, 0) is 56.1 Å². The Morgan fingerprint density at radius 2 is 1.39 bits per heavy atom. The number of aliphatic hydroxyl groups excluding tert-OH is 1. The summed E-state index contributed by atoms with van der Waals surface area (Å²) < 4.78 is 0. The third-order valence-electron chi connectivity index (χ3n) is 11.0. The van der Waals surface area contributed by atoms with Crippen molar-refractivity contribution in [2.45, 2.75) is 173 Å². The van der Waals surface area contributed by atoms with Crippen molar-refractivity contribution in [3.63, 3.8) is 0 Å². The standard InChI is InChI=1S/C46H82N12O10S/c1-31(2)28-35-41(64)52-29-39(62)54-36(30-59)42(65)50-25-27-69-26-23-34(43(66)56-33(21-22-37(47)60)44(67)58-46(68)57-35)55-40(63)32(3)53-38(61)20-18-16-14-12-10-8-6-7-9-11-13-15-17-19-24-51-45(48-4)49-5/h25,27,31-36,59H,6-24,26,28-30H2,1-5H3,(H2,47,60)(H,50,65)(H,52,64)(H,53,61)(H,54,62)(H,55,63)(H,56,66)(H2,48,49,51)(H2,57,58,67,68)/b27-25-. The fraction of sp³-hybridized carbons (Fsp3) is 0.739. The lowest BCUT2D eigenvalue weighted by Crippen LogP contribution is -2.58. The highest BCUT2D eigenvalue weighted by Crippen LogP contribution is 2.14. The number of hydrogen-bond donors (Lipinski definition) is 12. The van der Waals surface area contributed by atoms with Crippen LogP contribution in [0.5, 0.6) is 0 Å². The van der Waals surface area contributed by atoms with E-state index >= 15 is 0 Å². The molecule has 0 bridgehead atoms. The van der Waals surface area contributed by atoms with Crippen LogP contribution in [0.4, 0.5) is 4.79 Å². The summed E-state index contributed by atoms with van der Waals surface area (Å²) >= 11 is 1.12. The van der Waals surface area contributed by atoms with Crippen LogP contribution in [0.1, 0.15) is 143 Å². The maximum atomic E-state index is 13.8. The third-order valence-corrected chi connectivity index (χ3v) is 11.8. The van der Waals surface area contributed by atoms with E-state index in [4.69, 9.17) is 5.73 Å². The Balaban J connectivity index is 2.80. The molecule has 0 radical (unpaired) electrons. The van der Waals surface area contributed by atoms with Gasteiger partial charge in [-0.1, -0.05) is 90.9 Å². The van der Waals surface area contributed by atoms with Crippen molar-refractivity contribution in [2.24, 2.45) is 16.6 Å². The zero-order valence-corrected chi connectivity index (χ0v) is 42.3. The fourth-order valence-electron chi connectivity index (χ4n) is 7.14. The molecule has 1 aliphatic rings. The maximum Gasteiger partial charge on any atom is 0.322 e. The maximum absolute atomic E-state index is 13.8. The number of carbonyl (C=O) groups is 9. The van der Waals surface area contributed by atoms with E-state index in [0.717, 1.165) is 56.4 Å². The largest absolute Gasteiger partial charge is 0.394 e. The number of guanidine groups is 1. The molecule has 69 heavy (non-hydrogen) atoms. The lowest BCUT2D eigenvalue weighted by molar-refractivity contribution is -0.133. The first-order chi connectivity index (χ1) is 33.0. The Kier molecular flexibility index (Phi) is 33.4. The van der Waals surface area contributed by atoms with E-state index in [1.807, 2.05) is 7.05 Å². The van der Waals surface area contributed by atoms with Gasteiger partial charge in [0.05, 0.1) is 13.2 Å². The molecule has 23 heteroatoms. The number of nitrogens with one attached hydrogen (secondary N) is 10. The molecule has 1 heterocycles. The number of urea groups is 1. The van der Waals surface area contributed by atoms with Crippen LogP contribution in [0.15, 0.2) is 16.6 Å². The molecule has 0 aromatic rings. The number of thioether (sulfide) groups is 1. The topological polar surface area (TPSA) is 333 Å². The Hall–Kier alpha value is -5.45. The number of unbranched alkanes of at least 4 members (excludes halogenated alkanes) is 13. The van der Waals surface area contributed by atoms with E-state index in [9.17, 15) is 48.3 Å². The van der Waals surface area contributed by atoms with Gasteiger partial charge < -0.3 is 58.7 Å². The molecular formula is C46H82N12O10S. The van der Waals surface area contributed by atoms with Crippen LogP contribution >= 0.6 is 11.8 Å². The molecule has 0 saturated heterocycles. The average molecular weight is 995 g/mol. The molecule has 392 valence electrons. The van der Waals surface area contributed by atoms with E-state index < -0.39 is 90.7 Å². The van der Waals surface area contributed by atoms with Crippen LogP contribution in [-0.4, -0.2) is 134 Å². The highest BCUT2D eigenvalue weighted by Gasteiger charge is 2.31. The van der Waals surface area contributed by atoms with Crippen molar-refractivity contribution in [3.8, 4) is 0 Å². The minimum Gasteiger partial charge on any atom is -0.394 e. The number of carbonyl (C=O) groups excluding carboxylic acids is 9. The lowest BCUT2D eigenvalue weighted by atomic mass is 10.0. The molecule has 10 amide bonds. The van der Waals surface area contributed by atoms with Gasteiger partial charge in [0, 0.05) is 39.7 Å². The number of aliphatic imine (C=N–C) groups is 1. The second-order valence-electron chi connectivity index (χ2n) is 17.5. The van der Waals surface area contributed by atoms with Gasteiger partial charge in [0.25, 0.3) is 5.91 Å². The van der Waals surface area contributed by atoms with Crippen molar-refractivity contribution in [1.82, 2.24) is 53.2 Å². The van der Waals surface area contributed by atoms with Gasteiger partial charge in [0.2, 0.25) is 41.4 Å². The average Bonchev–Trinajstić information content (AvgIpc) is 3.30. The molecule has 13 N–H and O–H groups in total. The number of nitrogens with zero attached hydrogens (tertiary/aromatic N) is 1. The van der Waals surface area contributed by atoms with Crippen molar-refractivity contribution < 1.29 is 48.3 Å². The molecular weight excluding hydrogens is 913 g/mol.